The van der Waals surface area contributed by atoms with Crippen molar-refractivity contribution in [3.8, 4) is 0 Å². The topological polar surface area (TPSA) is 86.2 Å². The van der Waals surface area contributed by atoms with E-state index in [9.17, 15) is 9.59 Å². The molecule has 5 unspecified atom stereocenters. The molecule has 5 atom stereocenters. The third-order valence-electron chi connectivity index (χ3n) is 7.73. The van der Waals surface area contributed by atoms with Gasteiger partial charge in [-0.1, -0.05) is 72.5 Å². The molecule has 0 radical (unpaired) electrons. The molecule has 4 heteroatoms. The molecule has 1 saturated carbocycles. The molecule has 0 aliphatic heterocycles. The Morgan fingerprint density at radius 3 is 2.19 bits per heavy atom. The van der Waals surface area contributed by atoms with Crippen molar-refractivity contribution in [2.24, 2.45) is 45.5 Å². The van der Waals surface area contributed by atoms with Crippen molar-refractivity contribution in [3.63, 3.8) is 0 Å². The normalized spacial score (nSPS) is 37.1. The number of allylic oxidation sites excluding steroid dienone is 2. The molecule has 3 aliphatic rings. The lowest BCUT2D eigenvalue weighted by Gasteiger charge is -2.65. The van der Waals surface area contributed by atoms with Gasteiger partial charge in [0.05, 0.1) is 11.3 Å². The van der Waals surface area contributed by atoms with Crippen molar-refractivity contribution < 1.29 is 9.59 Å². The molecule has 0 saturated heterocycles. The van der Waals surface area contributed by atoms with Crippen LogP contribution >= 0.6 is 0 Å². The molecular weight excluding hydrogens is 324 g/mol. The van der Waals surface area contributed by atoms with E-state index in [1.165, 1.54) is 0 Å². The average molecular weight is 363 g/mol. The minimum Gasteiger partial charge on any atom is -0.369 e. The van der Waals surface area contributed by atoms with E-state index in [-0.39, 0.29) is 28.6 Å². The molecule has 0 spiro atoms. The van der Waals surface area contributed by atoms with Gasteiger partial charge in [0.1, 0.15) is 0 Å². The van der Waals surface area contributed by atoms with Crippen molar-refractivity contribution in [2.75, 3.05) is 0 Å². The van der Waals surface area contributed by atoms with E-state index in [1.54, 1.807) is 0 Å². The second kappa shape index (κ2) is 7.36. The lowest BCUT2D eigenvalue weighted by Crippen LogP contribution is -2.68. The Balaban J connectivity index is 2.66. The third-order valence-corrected chi connectivity index (χ3v) is 7.73. The van der Waals surface area contributed by atoms with Crippen LogP contribution in [0.25, 0.3) is 0 Å². The minimum atomic E-state index is -0.886. The van der Waals surface area contributed by atoms with Gasteiger partial charge in [-0.3, -0.25) is 9.59 Å². The van der Waals surface area contributed by atoms with Crippen molar-refractivity contribution in [3.05, 3.63) is 12.2 Å². The van der Waals surface area contributed by atoms with Crippen molar-refractivity contribution in [2.45, 2.75) is 79.6 Å². The fourth-order valence-corrected chi connectivity index (χ4v) is 6.17. The molecular formula is C22H38N2O2. The number of hydrogen-bond acceptors (Lipinski definition) is 2. The molecule has 26 heavy (non-hydrogen) atoms. The number of primary amides is 2. The fraction of sp³-hybridized carbons (Fsp3) is 0.818. The molecule has 148 valence electrons. The van der Waals surface area contributed by atoms with Gasteiger partial charge in [-0.05, 0) is 36.5 Å². The van der Waals surface area contributed by atoms with Crippen LogP contribution in [0.1, 0.15) is 79.6 Å². The average Bonchev–Trinajstić information content (AvgIpc) is 2.57. The lowest BCUT2D eigenvalue weighted by atomic mass is 9.37. The van der Waals surface area contributed by atoms with Crippen LogP contribution in [0.4, 0.5) is 0 Å². The summed E-state index contributed by atoms with van der Waals surface area (Å²) < 4.78 is 0. The molecule has 4 nitrogen and oxygen atoms in total. The highest BCUT2D eigenvalue weighted by molar-refractivity contribution is 5.92. The van der Waals surface area contributed by atoms with Gasteiger partial charge < -0.3 is 11.5 Å². The molecule has 3 rings (SSSR count). The first kappa shape index (κ1) is 21.0. The smallest absolute Gasteiger partial charge is 0.225 e. The van der Waals surface area contributed by atoms with Crippen molar-refractivity contribution in [1.29, 1.82) is 0 Å². The quantitative estimate of drug-likeness (QED) is 0.603. The largest absolute Gasteiger partial charge is 0.369 e. The van der Waals surface area contributed by atoms with Gasteiger partial charge in [0.25, 0.3) is 0 Å². The fourth-order valence-electron chi connectivity index (χ4n) is 6.17. The van der Waals surface area contributed by atoms with Gasteiger partial charge in [0.15, 0.2) is 0 Å². The van der Waals surface area contributed by atoms with E-state index < -0.39 is 11.3 Å². The highest BCUT2D eigenvalue weighted by atomic mass is 16.2. The predicted octanol–water partition coefficient (Wildman–Crippen LogP) is 4.18. The molecule has 3 aliphatic carbocycles. The molecule has 2 bridgehead atoms. The Hall–Kier alpha value is -1.32. The maximum atomic E-state index is 13.1. The number of nitrogens with two attached hydrogens (primary N) is 2. The SMILES string of the molecule is CCCCC(CC)CC1(C(N)=O)C(C(N)=O)C2(C)C=CC1(C(C)C)CC2. The number of rotatable bonds is 9. The Bertz CT molecular complexity index is 585. The summed E-state index contributed by atoms with van der Waals surface area (Å²) in [4.78, 5) is 25.8. The van der Waals surface area contributed by atoms with Crippen LogP contribution in [-0.4, -0.2) is 11.8 Å². The number of hydrogen-bond donors (Lipinski definition) is 2. The first-order valence-electron chi connectivity index (χ1n) is 10.4. The maximum absolute atomic E-state index is 13.1. The summed E-state index contributed by atoms with van der Waals surface area (Å²) in [6.07, 6.45) is 11.2. The van der Waals surface area contributed by atoms with Crippen LogP contribution in [0.2, 0.25) is 0 Å². The zero-order chi connectivity index (χ0) is 19.8. The van der Waals surface area contributed by atoms with E-state index in [4.69, 9.17) is 11.5 Å². The molecule has 0 aromatic carbocycles. The summed E-state index contributed by atoms with van der Waals surface area (Å²) in [5, 5.41) is 0. The summed E-state index contributed by atoms with van der Waals surface area (Å²) >= 11 is 0. The van der Waals surface area contributed by atoms with Gasteiger partial charge in [-0.15, -0.1) is 0 Å². The van der Waals surface area contributed by atoms with Crippen LogP contribution in [0.15, 0.2) is 12.2 Å². The van der Waals surface area contributed by atoms with Crippen LogP contribution in [-0.2, 0) is 9.59 Å². The Morgan fingerprint density at radius 1 is 1.15 bits per heavy atom. The third kappa shape index (κ3) is 2.90. The summed E-state index contributed by atoms with van der Waals surface area (Å²) in [5.41, 5.74) is 10.5. The first-order chi connectivity index (χ1) is 12.1. The monoisotopic (exact) mass is 362 g/mol. The highest BCUT2D eigenvalue weighted by Crippen LogP contribution is 2.69. The van der Waals surface area contributed by atoms with E-state index in [1.807, 2.05) is 0 Å². The molecule has 0 heterocycles. The highest BCUT2D eigenvalue weighted by Gasteiger charge is 2.70. The van der Waals surface area contributed by atoms with Crippen LogP contribution in [0.3, 0.4) is 0 Å². The molecule has 0 aromatic rings. The Labute approximate surface area is 159 Å². The van der Waals surface area contributed by atoms with Crippen molar-refractivity contribution >= 4 is 11.8 Å². The van der Waals surface area contributed by atoms with E-state index >= 15 is 0 Å². The number of unbranched alkanes of at least 4 members (excludes halogenated alkanes) is 1. The van der Waals surface area contributed by atoms with Crippen LogP contribution in [0.5, 0.6) is 0 Å². The summed E-state index contributed by atoms with van der Waals surface area (Å²) in [5.74, 6) is -0.617. The maximum Gasteiger partial charge on any atom is 0.225 e. The first-order valence-corrected chi connectivity index (χ1v) is 10.4. The van der Waals surface area contributed by atoms with Gasteiger partial charge in [0.2, 0.25) is 11.8 Å². The lowest BCUT2D eigenvalue weighted by molar-refractivity contribution is -0.176. The number of carbonyl (C=O) groups is 2. The number of carbonyl (C=O) groups excluding carboxylic acids is 2. The van der Waals surface area contributed by atoms with Crippen molar-refractivity contribution in [1.82, 2.24) is 0 Å². The molecule has 0 aromatic heterocycles. The number of fused-ring (bicyclic) bond motifs is 2. The molecule has 1 fully saturated rings. The van der Waals surface area contributed by atoms with Crippen LogP contribution in [0, 0.1) is 34.0 Å². The standard InChI is InChI=1S/C22H38N2O2/c1-6-8-9-16(7-2)14-22(19(24)26)17(18(23)25)20(5)10-12-21(22,13-11-20)15(3)4/h10,12,15-17H,6-9,11,13-14H2,1-5H3,(H2,23,25)(H2,24,26). The van der Waals surface area contributed by atoms with Gasteiger partial charge in [-0.25, -0.2) is 0 Å². The second-order valence-electron chi connectivity index (χ2n) is 9.33. The van der Waals surface area contributed by atoms with Gasteiger partial charge in [0, 0.05) is 5.41 Å². The predicted molar refractivity (Wildman–Crippen MR) is 106 cm³/mol. The molecule has 4 N–H and O–H groups in total. The Morgan fingerprint density at radius 2 is 1.81 bits per heavy atom. The zero-order valence-corrected chi connectivity index (χ0v) is 17.3. The second-order valence-corrected chi connectivity index (χ2v) is 9.33. The van der Waals surface area contributed by atoms with Gasteiger partial charge in [-0.2, -0.15) is 0 Å². The number of amides is 2. The summed E-state index contributed by atoms with van der Waals surface area (Å²) in [7, 11) is 0. The summed E-state index contributed by atoms with van der Waals surface area (Å²) in [6.45, 7) is 10.7. The van der Waals surface area contributed by atoms with E-state index in [2.05, 4.69) is 46.8 Å². The Kier molecular flexibility index (Phi) is 5.94. The van der Waals surface area contributed by atoms with Crippen LogP contribution < -0.4 is 11.5 Å². The van der Waals surface area contributed by atoms with Gasteiger partial charge >= 0.3 is 0 Å². The van der Waals surface area contributed by atoms with E-state index in [0.29, 0.717) is 12.3 Å². The van der Waals surface area contributed by atoms with E-state index in [0.717, 1.165) is 38.5 Å². The zero-order valence-electron chi connectivity index (χ0n) is 17.3. The molecule has 2 amide bonds. The minimum absolute atomic E-state index is 0.224. The summed E-state index contributed by atoms with van der Waals surface area (Å²) in [6, 6.07) is 0.